The van der Waals surface area contributed by atoms with Gasteiger partial charge in [-0.15, -0.1) is 11.3 Å². The molecule has 1 fully saturated rings. The summed E-state index contributed by atoms with van der Waals surface area (Å²) in [5.41, 5.74) is 3.04. The van der Waals surface area contributed by atoms with Crippen molar-refractivity contribution in [3.63, 3.8) is 0 Å². The Morgan fingerprint density at radius 3 is 2.56 bits per heavy atom. The van der Waals surface area contributed by atoms with E-state index in [1.807, 2.05) is 24.3 Å². The van der Waals surface area contributed by atoms with Crippen LogP contribution in [0.1, 0.15) is 44.6 Å². The van der Waals surface area contributed by atoms with E-state index >= 15 is 0 Å². The molecular weight excluding hydrogens is 443 g/mol. The van der Waals surface area contributed by atoms with Crippen LogP contribution in [0, 0.1) is 11.7 Å². The van der Waals surface area contributed by atoms with Gasteiger partial charge in [-0.2, -0.15) is 0 Å². The molecule has 1 saturated carbocycles. The zero-order chi connectivity index (χ0) is 22.7. The normalized spacial score (nSPS) is 15.8. The van der Waals surface area contributed by atoms with Gasteiger partial charge in [0.15, 0.2) is 0 Å². The smallest absolute Gasteiger partial charge is 0.248 e. The number of benzene rings is 2. The van der Waals surface area contributed by atoms with Crippen molar-refractivity contribution in [2.75, 3.05) is 0 Å². The van der Waals surface area contributed by atoms with Crippen LogP contribution in [-0.2, 0) is 16.6 Å². The van der Waals surface area contributed by atoms with Gasteiger partial charge in [0.25, 0.3) is 0 Å². The summed E-state index contributed by atoms with van der Waals surface area (Å²) in [6.07, 6.45) is 6.47. The first-order chi connectivity index (χ1) is 15.3. The van der Waals surface area contributed by atoms with E-state index in [1.54, 1.807) is 18.2 Å². The molecule has 3 aromatic rings. The van der Waals surface area contributed by atoms with Gasteiger partial charge in [0.2, 0.25) is 10.0 Å². The molecule has 1 aliphatic carbocycles. The average molecular weight is 473 g/mol. The van der Waals surface area contributed by atoms with Crippen LogP contribution in [0.3, 0.4) is 0 Å². The van der Waals surface area contributed by atoms with Gasteiger partial charge in [-0.3, -0.25) is 0 Å². The molecule has 0 amide bonds. The van der Waals surface area contributed by atoms with Crippen LogP contribution in [0.4, 0.5) is 4.39 Å². The summed E-state index contributed by atoms with van der Waals surface area (Å²) in [5.74, 6) is 0.433. The molecule has 4 nitrogen and oxygen atoms in total. The van der Waals surface area contributed by atoms with Crippen LogP contribution in [-0.4, -0.2) is 14.5 Å². The quantitative estimate of drug-likeness (QED) is 0.427. The molecule has 2 aromatic carbocycles. The van der Waals surface area contributed by atoms with Gasteiger partial charge in [0.05, 0.1) is 0 Å². The standard InChI is InChI=1S/C25H29FN2O2S2/c1-17(13-18-7-2-3-8-18)28-16-20-9-4-5-12-22(20)23-15-24(31-25(23)32(27,29)30)19-10-6-11-21(26)14-19/h4-6,9-12,14-15,17-18,28H,2-3,7-8,13,16H2,1H3,(H2,27,29,30)/t17-/m0/s1. The molecule has 170 valence electrons. The highest BCUT2D eigenvalue weighted by atomic mass is 32.2. The van der Waals surface area contributed by atoms with Crippen molar-refractivity contribution in [3.8, 4) is 21.6 Å². The zero-order valence-corrected chi connectivity index (χ0v) is 19.8. The molecule has 0 spiro atoms. The number of nitrogens with one attached hydrogen (secondary N) is 1. The van der Waals surface area contributed by atoms with E-state index in [0.29, 0.717) is 28.6 Å². The highest BCUT2D eigenvalue weighted by Crippen LogP contribution is 2.41. The van der Waals surface area contributed by atoms with Crippen molar-refractivity contribution in [2.45, 2.75) is 55.8 Å². The number of hydrogen-bond acceptors (Lipinski definition) is 4. The Labute approximate surface area is 193 Å². The van der Waals surface area contributed by atoms with E-state index < -0.39 is 10.0 Å². The fourth-order valence-corrected chi connectivity index (χ4v) is 6.72. The molecule has 3 N–H and O–H groups in total. The Balaban J connectivity index is 1.64. The van der Waals surface area contributed by atoms with E-state index in [-0.39, 0.29) is 10.0 Å². The van der Waals surface area contributed by atoms with Crippen LogP contribution in [0.15, 0.2) is 58.8 Å². The van der Waals surface area contributed by atoms with E-state index in [0.717, 1.165) is 34.8 Å². The minimum absolute atomic E-state index is 0.100. The van der Waals surface area contributed by atoms with E-state index in [2.05, 4.69) is 12.2 Å². The summed E-state index contributed by atoms with van der Waals surface area (Å²) in [6, 6.07) is 16.1. The molecule has 0 radical (unpaired) electrons. The van der Waals surface area contributed by atoms with E-state index in [1.165, 1.54) is 37.8 Å². The van der Waals surface area contributed by atoms with E-state index in [4.69, 9.17) is 5.14 Å². The Bertz CT molecular complexity index is 1180. The second-order valence-electron chi connectivity index (χ2n) is 8.69. The molecule has 1 atom stereocenters. The molecule has 7 heteroatoms. The molecule has 0 unspecified atom stereocenters. The zero-order valence-electron chi connectivity index (χ0n) is 18.2. The number of sulfonamides is 1. The highest BCUT2D eigenvalue weighted by molar-refractivity contribution is 7.91. The van der Waals surface area contributed by atoms with Crippen molar-refractivity contribution < 1.29 is 12.8 Å². The minimum atomic E-state index is -3.94. The summed E-state index contributed by atoms with van der Waals surface area (Å²) in [5, 5.41) is 9.19. The highest BCUT2D eigenvalue weighted by Gasteiger charge is 2.23. The largest absolute Gasteiger partial charge is 0.310 e. The van der Waals surface area contributed by atoms with Gasteiger partial charge >= 0.3 is 0 Å². The summed E-state index contributed by atoms with van der Waals surface area (Å²) in [7, 11) is -3.94. The van der Waals surface area contributed by atoms with E-state index in [9.17, 15) is 12.8 Å². The topological polar surface area (TPSA) is 72.2 Å². The summed E-state index contributed by atoms with van der Waals surface area (Å²) in [6.45, 7) is 2.85. The summed E-state index contributed by atoms with van der Waals surface area (Å²) >= 11 is 1.08. The van der Waals surface area contributed by atoms with Gasteiger partial charge in [0.1, 0.15) is 10.0 Å². The lowest BCUT2D eigenvalue weighted by Gasteiger charge is -2.19. The lowest BCUT2D eigenvalue weighted by molar-refractivity contribution is 0.404. The predicted molar refractivity (Wildman–Crippen MR) is 129 cm³/mol. The second-order valence-corrected chi connectivity index (χ2v) is 11.5. The van der Waals surface area contributed by atoms with Gasteiger partial charge in [-0.25, -0.2) is 17.9 Å². The second kappa shape index (κ2) is 9.83. The maximum atomic E-state index is 13.8. The number of thiophene rings is 1. The summed E-state index contributed by atoms with van der Waals surface area (Å²) < 4.78 is 38.7. The molecule has 0 bridgehead atoms. The van der Waals surface area contributed by atoms with Crippen molar-refractivity contribution in [2.24, 2.45) is 11.1 Å². The first kappa shape index (κ1) is 23.1. The molecule has 4 rings (SSSR count). The predicted octanol–water partition coefficient (Wildman–Crippen LogP) is 5.93. The fourth-order valence-electron chi connectivity index (χ4n) is 4.61. The van der Waals surface area contributed by atoms with Gasteiger partial charge in [0, 0.05) is 23.0 Å². The Morgan fingerprint density at radius 2 is 1.84 bits per heavy atom. The van der Waals surface area contributed by atoms with Crippen molar-refractivity contribution in [1.29, 1.82) is 0 Å². The Morgan fingerprint density at radius 1 is 1.09 bits per heavy atom. The maximum Gasteiger partial charge on any atom is 0.248 e. The SMILES string of the molecule is C[C@@H](CC1CCCC1)NCc1ccccc1-c1cc(-c2cccc(F)c2)sc1S(N)(=O)=O. The number of hydrogen-bond donors (Lipinski definition) is 2. The number of rotatable bonds is 8. The summed E-state index contributed by atoms with van der Waals surface area (Å²) in [4.78, 5) is 0.667. The molecule has 0 aliphatic heterocycles. The van der Waals surface area contributed by atoms with Gasteiger partial charge in [-0.05, 0) is 54.2 Å². The number of nitrogens with two attached hydrogens (primary N) is 1. The maximum absolute atomic E-state index is 13.8. The van der Waals surface area contributed by atoms with Gasteiger partial charge < -0.3 is 5.32 Å². The fraction of sp³-hybridized carbons (Fsp3) is 0.360. The third kappa shape index (κ3) is 5.46. The minimum Gasteiger partial charge on any atom is -0.310 e. The van der Waals surface area contributed by atoms with Crippen molar-refractivity contribution in [3.05, 3.63) is 66.0 Å². The van der Waals surface area contributed by atoms with Crippen molar-refractivity contribution in [1.82, 2.24) is 5.32 Å². The molecular formula is C25H29FN2O2S2. The molecule has 0 saturated heterocycles. The van der Waals surface area contributed by atoms with Crippen LogP contribution < -0.4 is 10.5 Å². The number of halogens is 1. The first-order valence-corrected chi connectivity index (χ1v) is 13.4. The van der Waals surface area contributed by atoms with Gasteiger partial charge in [-0.1, -0.05) is 62.1 Å². The van der Waals surface area contributed by atoms with Crippen LogP contribution in [0.5, 0.6) is 0 Å². The third-order valence-corrected chi connectivity index (χ3v) is 8.84. The lowest BCUT2D eigenvalue weighted by atomic mass is 9.98. The molecule has 1 aliphatic rings. The molecule has 32 heavy (non-hydrogen) atoms. The Hall–Kier alpha value is -2.06. The number of primary sulfonamides is 1. The van der Waals surface area contributed by atoms with Crippen LogP contribution in [0.2, 0.25) is 0 Å². The average Bonchev–Trinajstić information content (AvgIpc) is 3.42. The van der Waals surface area contributed by atoms with Crippen molar-refractivity contribution >= 4 is 21.4 Å². The lowest BCUT2D eigenvalue weighted by Crippen LogP contribution is -2.27. The van der Waals surface area contributed by atoms with Crippen LogP contribution >= 0.6 is 11.3 Å². The molecule has 1 aromatic heterocycles. The third-order valence-electron chi connectivity index (χ3n) is 6.18. The Kier molecular flexibility index (Phi) is 7.10. The monoisotopic (exact) mass is 472 g/mol. The molecule has 1 heterocycles. The first-order valence-electron chi connectivity index (χ1n) is 11.1. The van der Waals surface area contributed by atoms with Crippen LogP contribution in [0.25, 0.3) is 21.6 Å².